The van der Waals surface area contributed by atoms with Gasteiger partial charge in [0.15, 0.2) is 0 Å². The average Bonchev–Trinajstić information content (AvgIpc) is 2.75. The molecule has 2 aromatic rings. The number of likely N-dealkylation sites (tertiary alicyclic amines) is 1. The summed E-state index contributed by atoms with van der Waals surface area (Å²) in [4.78, 5) is 16.0. The van der Waals surface area contributed by atoms with Crippen LogP contribution in [0.15, 0.2) is 40.1 Å². The number of aryl methyl sites for hydroxylation is 3. The fraction of sp³-hybridized carbons (Fsp3) is 0.480. The summed E-state index contributed by atoms with van der Waals surface area (Å²) in [6, 6.07) is 8.60. The van der Waals surface area contributed by atoms with E-state index in [9.17, 15) is 13.2 Å². The first-order valence-electron chi connectivity index (χ1n) is 11.1. The molecule has 32 heavy (non-hydrogen) atoms. The number of carbonyl (C=O) groups is 1. The summed E-state index contributed by atoms with van der Waals surface area (Å²) in [6.07, 6.45) is 3.86. The lowest BCUT2D eigenvalue weighted by atomic mass is 9.97. The standard InChI is InChI=1S/C25H34N2O3S2/c1-16-9-11-27(12-10-16)25(28)23-15-21(7-8-24(23)31-6)32(29,30)26-20(5)22-14-18(3)17(2)13-19(22)4/h7-8,13-16,20,26H,9-12H2,1-6H3/t20-/m1/s1. The summed E-state index contributed by atoms with van der Waals surface area (Å²) >= 11 is 1.46. The zero-order chi connectivity index (χ0) is 23.6. The summed E-state index contributed by atoms with van der Waals surface area (Å²) in [7, 11) is -3.80. The van der Waals surface area contributed by atoms with Crippen molar-refractivity contribution in [1.29, 1.82) is 0 Å². The molecule has 1 saturated heterocycles. The monoisotopic (exact) mass is 474 g/mol. The second-order valence-electron chi connectivity index (χ2n) is 8.97. The molecule has 0 unspecified atom stereocenters. The smallest absolute Gasteiger partial charge is 0.255 e. The molecule has 1 atom stereocenters. The highest BCUT2D eigenvalue weighted by Gasteiger charge is 2.26. The van der Waals surface area contributed by atoms with Crippen LogP contribution >= 0.6 is 11.8 Å². The van der Waals surface area contributed by atoms with Crippen molar-refractivity contribution in [3.63, 3.8) is 0 Å². The first-order valence-corrected chi connectivity index (χ1v) is 13.8. The van der Waals surface area contributed by atoms with Gasteiger partial charge in [0.1, 0.15) is 0 Å². The van der Waals surface area contributed by atoms with Gasteiger partial charge in [0.25, 0.3) is 5.91 Å². The summed E-state index contributed by atoms with van der Waals surface area (Å²) in [5.74, 6) is 0.529. The number of nitrogens with one attached hydrogen (secondary N) is 1. The molecule has 0 aliphatic carbocycles. The summed E-state index contributed by atoms with van der Waals surface area (Å²) in [6.45, 7) is 11.6. The third-order valence-electron chi connectivity index (χ3n) is 6.46. The van der Waals surface area contributed by atoms with Gasteiger partial charge in [-0.3, -0.25) is 4.79 Å². The SMILES string of the molecule is CSc1ccc(S(=O)(=O)N[C@H](C)c2cc(C)c(C)cc2C)cc1C(=O)N1CCC(C)CC1. The van der Waals surface area contributed by atoms with Crippen LogP contribution < -0.4 is 4.72 Å². The number of benzene rings is 2. The molecule has 1 heterocycles. The number of hydrogen-bond acceptors (Lipinski definition) is 4. The van der Waals surface area contributed by atoms with Crippen molar-refractivity contribution in [3.05, 3.63) is 58.1 Å². The molecule has 1 amide bonds. The molecule has 1 fully saturated rings. The zero-order valence-electron chi connectivity index (χ0n) is 19.9. The first kappa shape index (κ1) is 24.8. The van der Waals surface area contributed by atoms with Crippen molar-refractivity contribution < 1.29 is 13.2 Å². The van der Waals surface area contributed by atoms with E-state index in [1.165, 1.54) is 23.4 Å². The van der Waals surface area contributed by atoms with Crippen LogP contribution in [-0.4, -0.2) is 38.6 Å². The number of amides is 1. The Morgan fingerprint density at radius 2 is 1.69 bits per heavy atom. The molecule has 2 aromatic carbocycles. The fourth-order valence-electron chi connectivity index (χ4n) is 4.22. The molecule has 5 nitrogen and oxygen atoms in total. The van der Waals surface area contributed by atoms with Crippen LogP contribution in [0.5, 0.6) is 0 Å². The van der Waals surface area contributed by atoms with Crippen LogP contribution in [0.2, 0.25) is 0 Å². The maximum atomic E-state index is 13.2. The molecule has 0 saturated carbocycles. The highest BCUT2D eigenvalue weighted by atomic mass is 32.2. The van der Waals surface area contributed by atoms with E-state index in [0.29, 0.717) is 24.6 Å². The number of thioether (sulfide) groups is 1. The second kappa shape index (κ2) is 9.98. The Morgan fingerprint density at radius 3 is 2.31 bits per heavy atom. The lowest BCUT2D eigenvalue weighted by Gasteiger charge is -2.31. The van der Waals surface area contributed by atoms with Crippen molar-refractivity contribution in [1.82, 2.24) is 9.62 Å². The normalized spacial score (nSPS) is 16.2. The van der Waals surface area contributed by atoms with Gasteiger partial charge in [-0.1, -0.05) is 19.1 Å². The lowest BCUT2D eigenvalue weighted by molar-refractivity contribution is 0.0693. The molecule has 1 N–H and O–H groups in total. The van der Waals surface area contributed by atoms with Crippen molar-refractivity contribution in [2.45, 2.75) is 63.3 Å². The van der Waals surface area contributed by atoms with Gasteiger partial charge in [-0.2, -0.15) is 0 Å². The number of hydrogen-bond donors (Lipinski definition) is 1. The van der Waals surface area contributed by atoms with Gasteiger partial charge in [-0.15, -0.1) is 11.8 Å². The Kier molecular flexibility index (Phi) is 7.73. The van der Waals surface area contributed by atoms with E-state index in [1.54, 1.807) is 12.1 Å². The predicted octanol–water partition coefficient (Wildman–Crippen LogP) is 5.25. The van der Waals surface area contributed by atoms with Crippen molar-refractivity contribution in [2.75, 3.05) is 19.3 Å². The quantitative estimate of drug-likeness (QED) is 0.581. The summed E-state index contributed by atoms with van der Waals surface area (Å²) in [5.41, 5.74) is 4.78. The number of sulfonamides is 1. The minimum atomic E-state index is -3.80. The van der Waals surface area contributed by atoms with Gasteiger partial charge in [0, 0.05) is 24.0 Å². The summed E-state index contributed by atoms with van der Waals surface area (Å²) < 4.78 is 29.3. The largest absolute Gasteiger partial charge is 0.339 e. The van der Waals surface area contributed by atoms with Gasteiger partial charge < -0.3 is 4.90 Å². The maximum absolute atomic E-state index is 13.2. The summed E-state index contributed by atoms with van der Waals surface area (Å²) in [5, 5.41) is 0. The van der Waals surface area contributed by atoms with Crippen molar-refractivity contribution in [2.24, 2.45) is 5.92 Å². The molecule has 0 aromatic heterocycles. The molecule has 3 rings (SSSR count). The Bertz CT molecular complexity index is 1100. The molecular formula is C25H34N2O3S2. The van der Waals surface area contributed by atoms with Crippen LogP contribution in [0.4, 0.5) is 0 Å². The van der Waals surface area contributed by atoms with Crippen LogP contribution in [0.3, 0.4) is 0 Å². The van der Waals surface area contributed by atoms with Gasteiger partial charge in [0.05, 0.1) is 10.5 Å². The third-order valence-corrected chi connectivity index (χ3v) is 8.80. The maximum Gasteiger partial charge on any atom is 0.255 e. The Hall–Kier alpha value is -1.83. The molecule has 1 aliphatic rings. The molecule has 174 valence electrons. The Morgan fingerprint density at radius 1 is 1.06 bits per heavy atom. The van der Waals surface area contributed by atoms with E-state index in [0.717, 1.165) is 34.4 Å². The van der Waals surface area contributed by atoms with Crippen molar-refractivity contribution >= 4 is 27.7 Å². The van der Waals surface area contributed by atoms with Crippen LogP contribution in [0, 0.1) is 26.7 Å². The van der Waals surface area contributed by atoms with Gasteiger partial charge >= 0.3 is 0 Å². The fourth-order valence-corrected chi connectivity index (χ4v) is 6.04. The number of carbonyl (C=O) groups excluding carboxylic acids is 1. The Labute approximate surface area is 197 Å². The van der Waals surface area contributed by atoms with Gasteiger partial charge in [-0.05, 0) is 93.2 Å². The topological polar surface area (TPSA) is 66.5 Å². The predicted molar refractivity (Wildman–Crippen MR) is 132 cm³/mol. The van der Waals surface area contributed by atoms with Gasteiger partial charge in [-0.25, -0.2) is 13.1 Å². The van der Waals surface area contributed by atoms with E-state index in [1.807, 2.05) is 38.0 Å². The third kappa shape index (κ3) is 5.38. The van der Waals surface area contributed by atoms with Crippen LogP contribution in [0.1, 0.15) is 65.3 Å². The van der Waals surface area contributed by atoms with E-state index < -0.39 is 10.0 Å². The van der Waals surface area contributed by atoms with Crippen LogP contribution in [0.25, 0.3) is 0 Å². The number of nitrogens with zero attached hydrogens (tertiary/aromatic N) is 1. The molecule has 1 aliphatic heterocycles. The lowest BCUT2D eigenvalue weighted by Crippen LogP contribution is -2.38. The van der Waals surface area contributed by atoms with E-state index in [-0.39, 0.29) is 16.8 Å². The van der Waals surface area contributed by atoms with Crippen LogP contribution in [-0.2, 0) is 10.0 Å². The highest BCUT2D eigenvalue weighted by Crippen LogP contribution is 2.28. The minimum Gasteiger partial charge on any atom is -0.339 e. The molecule has 0 bridgehead atoms. The molecular weight excluding hydrogens is 440 g/mol. The van der Waals surface area contributed by atoms with Crippen molar-refractivity contribution in [3.8, 4) is 0 Å². The number of rotatable bonds is 6. The molecule has 0 spiro atoms. The molecule has 7 heteroatoms. The zero-order valence-corrected chi connectivity index (χ0v) is 21.5. The number of piperidine rings is 1. The highest BCUT2D eigenvalue weighted by molar-refractivity contribution is 7.98. The Balaban J connectivity index is 1.89. The van der Waals surface area contributed by atoms with E-state index in [4.69, 9.17) is 0 Å². The first-order chi connectivity index (χ1) is 15.0. The minimum absolute atomic E-state index is 0.0867. The van der Waals surface area contributed by atoms with E-state index >= 15 is 0 Å². The van der Waals surface area contributed by atoms with Gasteiger partial charge in [0.2, 0.25) is 10.0 Å². The molecule has 0 radical (unpaired) electrons. The average molecular weight is 475 g/mol. The second-order valence-corrected chi connectivity index (χ2v) is 11.5. The van der Waals surface area contributed by atoms with E-state index in [2.05, 4.69) is 24.6 Å².